The summed E-state index contributed by atoms with van der Waals surface area (Å²) in [5.74, 6) is -0.176. The minimum Gasteiger partial charge on any atom is -0.459 e. The summed E-state index contributed by atoms with van der Waals surface area (Å²) in [6.45, 7) is 4.90. The second kappa shape index (κ2) is 11.1. The van der Waals surface area contributed by atoms with Gasteiger partial charge in [0.25, 0.3) is 0 Å². The van der Waals surface area contributed by atoms with Gasteiger partial charge >= 0.3 is 12.1 Å². The first kappa shape index (κ1) is 22.3. The molecule has 2 atom stereocenters. The number of aliphatic hydroxyl groups is 2. The number of carbonyl (C=O) groups is 2. The maximum atomic E-state index is 12.3. The third-order valence-corrected chi connectivity index (χ3v) is 4.19. The lowest BCUT2D eigenvalue weighted by Crippen LogP contribution is -2.45. The minimum atomic E-state index is -0.926. The highest BCUT2D eigenvalue weighted by atomic mass is 32.2. The number of aliphatic hydroxyl groups excluding tert-OH is 2. The molecule has 8 heteroatoms. The van der Waals surface area contributed by atoms with Gasteiger partial charge in [0.2, 0.25) is 0 Å². The second-order valence-electron chi connectivity index (χ2n) is 6.67. The van der Waals surface area contributed by atoms with Crippen molar-refractivity contribution in [3.05, 3.63) is 35.9 Å². The number of nitrogens with one attached hydrogen (secondary N) is 1. The van der Waals surface area contributed by atoms with Crippen molar-refractivity contribution in [3.8, 4) is 0 Å². The molecule has 0 aliphatic heterocycles. The molecule has 0 aliphatic carbocycles. The highest BCUT2D eigenvalue weighted by Gasteiger charge is 2.26. The molecular weight excluding hydrogens is 358 g/mol. The predicted octanol–water partition coefficient (Wildman–Crippen LogP) is 1.71. The van der Waals surface area contributed by atoms with E-state index in [1.54, 1.807) is 20.8 Å². The lowest BCUT2D eigenvalue weighted by atomic mass is 10.2. The molecule has 1 aromatic rings. The number of benzene rings is 1. The molecule has 0 heterocycles. The molecule has 1 rings (SSSR count). The number of thioether (sulfide) groups is 1. The van der Waals surface area contributed by atoms with Crippen molar-refractivity contribution in [2.75, 3.05) is 18.1 Å². The third kappa shape index (κ3) is 9.65. The van der Waals surface area contributed by atoms with Gasteiger partial charge < -0.3 is 25.0 Å². The fourth-order valence-electron chi connectivity index (χ4n) is 1.82. The molecule has 0 aromatic heterocycles. The Morgan fingerprint density at radius 1 is 1.19 bits per heavy atom. The molecule has 0 radical (unpaired) electrons. The van der Waals surface area contributed by atoms with Crippen LogP contribution in [-0.2, 0) is 20.9 Å². The SMILES string of the molecule is CC(C)(C)OC(=O)NC(CSCC(O)CO)C(=O)OCc1ccccc1. The first-order valence-corrected chi connectivity index (χ1v) is 9.43. The van der Waals surface area contributed by atoms with Crippen LogP contribution in [0.5, 0.6) is 0 Å². The first-order chi connectivity index (χ1) is 12.2. The van der Waals surface area contributed by atoms with E-state index >= 15 is 0 Å². The minimum absolute atomic E-state index is 0.0934. The van der Waals surface area contributed by atoms with Gasteiger partial charge in [0.05, 0.1) is 12.7 Å². The summed E-state index contributed by atoms with van der Waals surface area (Å²) < 4.78 is 10.4. The summed E-state index contributed by atoms with van der Waals surface area (Å²) in [4.78, 5) is 24.3. The van der Waals surface area contributed by atoms with Gasteiger partial charge in [-0.2, -0.15) is 11.8 Å². The number of ether oxygens (including phenoxy) is 2. The number of alkyl carbamates (subject to hydrolysis) is 1. The van der Waals surface area contributed by atoms with Crippen LogP contribution in [-0.4, -0.2) is 58.1 Å². The summed E-state index contributed by atoms with van der Waals surface area (Å²) in [6.07, 6.45) is -1.61. The monoisotopic (exact) mass is 385 g/mol. The van der Waals surface area contributed by atoms with Crippen LogP contribution in [0, 0.1) is 0 Å². The van der Waals surface area contributed by atoms with E-state index in [1.807, 2.05) is 30.3 Å². The van der Waals surface area contributed by atoms with Crippen LogP contribution in [0.2, 0.25) is 0 Å². The topological polar surface area (TPSA) is 105 Å². The lowest BCUT2D eigenvalue weighted by Gasteiger charge is -2.23. The van der Waals surface area contributed by atoms with Crippen LogP contribution in [0.15, 0.2) is 30.3 Å². The van der Waals surface area contributed by atoms with Gasteiger partial charge in [-0.1, -0.05) is 30.3 Å². The van der Waals surface area contributed by atoms with Crippen molar-refractivity contribution in [1.29, 1.82) is 0 Å². The Labute approximate surface area is 158 Å². The van der Waals surface area contributed by atoms with E-state index in [1.165, 1.54) is 11.8 Å². The Balaban J connectivity index is 2.62. The average Bonchev–Trinajstić information content (AvgIpc) is 2.57. The van der Waals surface area contributed by atoms with Crippen molar-refractivity contribution < 1.29 is 29.3 Å². The Hall–Kier alpha value is -1.77. The highest BCUT2D eigenvalue weighted by Crippen LogP contribution is 2.11. The summed E-state index contributed by atoms with van der Waals surface area (Å²) in [5.41, 5.74) is 0.142. The van der Waals surface area contributed by atoms with Crippen LogP contribution in [0.4, 0.5) is 4.79 Å². The summed E-state index contributed by atoms with van der Waals surface area (Å²) >= 11 is 1.22. The van der Waals surface area contributed by atoms with E-state index < -0.39 is 29.8 Å². The summed E-state index contributed by atoms with van der Waals surface area (Å²) in [7, 11) is 0. The molecule has 0 fully saturated rings. The molecular formula is C18H27NO6S. The predicted molar refractivity (Wildman–Crippen MR) is 99.8 cm³/mol. The van der Waals surface area contributed by atoms with Crippen LogP contribution < -0.4 is 5.32 Å². The van der Waals surface area contributed by atoms with Gasteiger partial charge in [-0.25, -0.2) is 9.59 Å². The van der Waals surface area contributed by atoms with E-state index in [4.69, 9.17) is 14.6 Å². The van der Waals surface area contributed by atoms with Crippen LogP contribution in [0.1, 0.15) is 26.3 Å². The molecule has 0 aliphatic rings. The number of esters is 1. The standard InChI is InChI=1S/C18H27NO6S/c1-18(2,3)25-17(23)19-15(12-26-11-14(21)9-20)16(22)24-10-13-7-5-4-6-8-13/h4-8,14-15,20-21H,9-12H2,1-3H3,(H,19,23). The van der Waals surface area contributed by atoms with Crippen LogP contribution in [0.25, 0.3) is 0 Å². The molecule has 0 bridgehead atoms. The number of carbonyl (C=O) groups excluding carboxylic acids is 2. The molecule has 7 nitrogen and oxygen atoms in total. The van der Waals surface area contributed by atoms with Crippen molar-refractivity contribution in [2.24, 2.45) is 0 Å². The third-order valence-electron chi connectivity index (χ3n) is 3.00. The maximum absolute atomic E-state index is 12.3. The van der Waals surface area contributed by atoms with Gasteiger partial charge in [0, 0.05) is 11.5 Å². The number of hydrogen-bond acceptors (Lipinski definition) is 7. The molecule has 1 aromatic carbocycles. The zero-order chi connectivity index (χ0) is 19.6. The van der Waals surface area contributed by atoms with Crippen molar-refractivity contribution in [2.45, 2.75) is 45.1 Å². The van der Waals surface area contributed by atoms with Crippen LogP contribution >= 0.6 is 11.8 Å². The van der Waals surface area contributed by atoms with Gasteiger partial charge in [-0.05, 0) is 26.3 Å². The first-order valence-electron chi connectivity index (χ1n) is 8.28. The normalized spacial score (nSPS) is 13.6. The molecule has 26 heavy (non-hydrogen) atoms. The largest absolute Gasteiger partial charge is 0.459 e. The molecule has 1 amide bonds. The molecule has 0 spiro atoms. The number of rotatable bonds is 9. The van der Waals surface area contributed by atoms with Gasteiger partial charge in [0.15, 0.2) is 0 Å². The fraction of sp³-hybridized carbons (Fsp3) is 0.556. The van der Waals surface area contributed by atoms with Gasteiger partial charge in [0.1, 0.15) is 18.2 Å². The Morgan fingerprint density at radius 3 is 2.42 bits per heavy atom. The Morgan fingerprint density at radius 2 is 1.85 bits per heavy atom. The van der Waals surface area contributed by atoms with E-state index in [2.05, 4.69) is 5.32 Å². The van der Waals surface area contributed by atoms with E-state index in [9.17, 15) is 14.7 Å². The van der Waals surface area contributed by atoms with Crippen molar-refractivity contribution in [1.82, 2.24) is 5.32 Å². The van der Waals surface area contributed by atoms with Crippen molar-refractivity contribution in [3.63, 3.8) is 0 Å². The van der Waals surface area contributed by atoms with E-state index in [0.29, 0.717) is 0 Å². The average molecular weight is 385 g/mol. The fourth-order valence-corrected chi connectivity index (χ4v) is 2.79. The van der Waals surface area contributed by atoms with Gasteiger partial charge in [-0.3, -0.25) is 0 Å². The molecule has 146 valence electrons. The Bertz CT molecular complexity index is 561. The quantitative estimate of drug-likeness (QED) is 0.556. The molecule has 3 N–H and O–H groups in total. The maximum Gasteiger partial charge on any atom is 0.408 e. The van der Waals surface area contributed by atoms with E-state index in [0.717, 1.165) is 5.56 Å². The van der Waals surface area contributed by atoms with E-state index in [-0.39, 0.29) is 24.7 Å². The highest BCUT2D eigenvalue weighted by molar-refractivity contribution is 7.99. The summed E-state index contributed by atoms with van der Waals surface area (Å²) in [5, 5.41) is 20.7. The zero-order valence-corrected chi connectivity index (χ0v) is 16.1. The second-order valence-corrected chi connectivity index (χ2v) is 7.74. The summed E-state index contributed by atoms with van der Waals surface area (Å²) in [6, 6.07) is 8.27. The van der Waals surface area contributed by atoms with Crippen LogP contribution in [0.3, 0.4) is 0 Å². The Kier molecular flexibility index (Phi) is 9.47. The smallest absolute Gasteiger partial charge is 0.408 e. The lowest BCUT2D eigenvalue weighted by molar-refractivity contribution is -0.146. The number of hydrogen-bond donors (Lipinski definition) is 3. The molecule has 0 saturated carbocycles. The van der Waals surface area contributed by atoms with Gasteiger partial charge in [-0.15, -0.1) is 0 Å². The zero-order valence-electron chi connectivity index (χ0n) is 15.3. The van der Waals surface area contributed by atoms with Crippen molar-refractivity contribution >= 4 is 23.8 Å². The molecule has 2 unspecified atom stereocenters. The number of amides is 1. The molecule has 0 saturated heterocycles.